The number of aryl methyl sites for hydroxylation is 1. The lowest BCUT2D eigenvalue weighted by Gasteiger charge is -2.23. The van der Waals surface area contributed by atoms with E-state index in [2.05, 4.69) is 36.1 Å². The Kier molecular flexibility index (Phi) is 6.94. The van der Waals surface area contributed by atoms with E-state index in [9.17, 15) is 5.11 Å². The first-order chi connectivity index (χ1) is 8.61. The summed E-state index contributed by atoms with van der Waals surface area (Å²) in [4.78, 5) is 2.27. The summed E-state index contributed by atoms with van der Waals surface area (Å²) in [5.74, 6) is 0. The minimum atomic E-state index is -0.294. The smallest absolute Gasteiger partial charge is 0.0639 e. The van der Waals surface area contributed by atoms with Crippen molar-refractivity contribution in [3.8, 4) is 0 Å². The highest BCUT2D eigenvalue weighted by molar-refractivity contribution is 5.21. The molecule has 0 amide bonds. The molecule has 1 aromatic carbocycles. The maximum Gasteiger partial charge on any atom is 0.0639 e. The summed E-state index contributed by atoms with van der Waals surface area (Å²) in [5.41, 5.74) is 2.57. The highest BCUT2D eigenvalue weighted by atomic mass is 16.5. The summed E-state index contributed by atoms with van der Waals surface area (Å²) in [5, 5.41) is 9.53. The van der Waals surface area contributed by atoms with Gasteiger partial charge in [-0.05, 0) is 25.8 Å². The molecule has 0 radical (unpaired) electrons. The maximum atomic E-state index is 9.53. The Morgan fingerprint density at radius 3 is 2.50 bits per heavy atom. The summed E-state index contributed by atoms with van der Waals surface area (Å²) in [7, 11) is 1.72. The molecule has 0 heterocycles. The Hall–Kier alpha value is -0.900. The second-order valence-electron chi connectivity index (χ2n) is 4.92. The lowest BCUT2D eigenvalue weighted by Crippen LogP contribution is -2.32. The van der Waals surface area contributed by atoms with Crippen LogP contribution >= 0.6 is 0 Å². The van der Waals surface area contributed by atoms with Crippen LogP contribution in [0.1, 0.15) is 24.5 Å². The number of hydrogen-bond acceptors (Lipinski definition) is 3. The number of rotatable bonds is 8. The number of ether oxygens (including phenoxy) is 1. The molecule has 3 nitrogen and oxygen atoms in total. The topological polar surface area (TPSA) is 32.7 Å². The molecule has 102 valence electrons. The normalized spacial score (nSPS) is 12.9. The number of aliphatic hydroxyl groups is 1. The Morgan fingerprint density at radius 2 is 1.94 bits per heavy atom. The SMILES string of the molecule is COCCCN(Cc1ccc(C)cc1)C[C@@H](C)O. The van der Waals surface area contributed by atoms with Gasteiger partial charge in [0.15, 0.2) is 0 Å². The van der Waals surface area contributed by atoms with Crippen LogP contribution in [0.25, 0.3) is 0 Å². The highest BCUT2D eigenvalue weighted by Crippen LogP contribution is 2.08. The lowest BCUT2D eigenvalue weighted by molar-refractivity contribution is 0.111. The van der Waals surface area contributed by atoms with Crippen molar-refractivity contribution in [2.45, 2.75) is 32.9 Å². The Balaban J connectivity index is 2.51. The summed E-state index contributed by atoms with van der Waals surface area (Å²) >= 11 is 0. The van der Waals surface area contributed by atoms with E-state index >= 15 is 0 Å². The molecule has 0 bridgehead atoms. The van der Waals surface area contributed by atoms with E-state index in [1.807, 2.05) is 6.92 Å². The first kappa shape index (κ1) is 15.2. The van der Waals surface area contributed by atoms with E-state index in [0.29, 0.717) is 6.54 Å². The number of aliphatic hydroxyl groups excluding tert-OH is 1. The quantitative estimate of drug-likeness (QED) is 0.719. The van der Waals surface area contributed by atoms with Crippen LogP contribution in [0.3, 0.4) is 0 Å². The fourth-order valence-corrected chi connectivity index (χ4v) is 1.99. The van der Waals surface area contributed by atoms with Crippen LogP contribution in [0.2, 0.25) is 0 Å². The average Bonchev–Trinajstić information content (AvgIpc) is 2.31. The van der Waals surface area contributed by atoms with Crippen molar-refractivity contribution in [2.75, 3.05) is 26.8 Å². The zero-order chi connectivity index (χ0) is 13.4. The van der Waals surface area contributed by atoms with Gasteiger partial charge in [0.1, 0.15) is 0 Å². The predicted molar refractivity (Wildman–Crippen MR) is 74.6 cm³/mol. The van der Waals surface area contributed by atoms with Gasteiger partial charge in [0.05, 0.1) is 6.10 Å². The predicted octanol–water partition coefficient (Wildman–Crippen LogP) is 2.21. The first-order valence-corrected chi connectivity index (χ1v) is 6.56. The van der Waals surface area contributed by atoms with Gasteiger partial charge in [-0.2, -0.15) is 0 Å². The summed E-state index contributed by atoms with van der Waals surface area (Å²) < 4.78 is 5.07. The first-order valence-electron chi connectivity index (χ1n) is 6.56. The molecular formula is C15H25NO2. The monoisotopic (exact) mass is 251 g/mol. The van der Waals surface area contributed by atoms with Gasteiger partial charge in [0.2, 0.25) is 0 Å². The summed E-state index contributed by atoms with van der Waals surface area (Å²) in [6, 6.07) is 8.57. The highest BCUT2D eigenvalue weighted by Gasteiger charge is 2.08. The second kappa shape index (κ2) is 8.25. The molecule has 0 saturated heterocycles. The summed E-state index contributed by atoms with van der Waals surface area (Å²) in [6.45, 7) is 7.23. The van der Waals surface area contributed by atoms with Gasteiger partial charge < -0.3 is 9.84 Å². The minimum absolute atomic E-state index is 0.294. The third-order valence-electron chi connectivity index (χ3n) is 2.87. The van der Waals surface area contributed by atoms with E-state index < -0.39 is 0 Å². The van der Waals surface area contributed by atoms with Crippen LogP contribution in [-0.2, 0) is 11.3 Å². The third-order valence-corrected chi connectivity index (χ3v) is 2.87. The standard InChI is InChI=1S/C15H25NO2/c1-13-5-7-15(8-6-13)12-16(11-14(2)17)9-4-10-18-3/h5-8,14,17H,4,9-12H2,1-3H3/t14-/m1/s1. The Morgan fingerprint density at radius 1 is 1.28 bits per heavy atom. The fourth-order valence-electron chi connectivity index (χ4n) is 1.99. The average molecular weight is 251 g/mol. The van der Waals surface area contributed by atoms with E-state index in [1.54, 1.807) is 7.11 Å². The summed E-state index contributed by atoms with van der Waals surface area (Å²) in [6.07, 6.45) is 0.702. The molecule has 1 N–H and O–H groups in total. The molecule has 1 aromatic rings. The molecule has 1 rings (SSSR count). The fraction of sp³-hybridized carbons (Fsp3) is 0.600. The van der Waals surface area contributed by atoms with Gasteiger partial charge in [0.25, 0.3) is 0 Å². The van der Waals surface area contributed by atoms with Gasteiger partial charge in [-0.15, -0.1) is 0 Å². The van der Waals surface area contributed by atoms with E-state index in [0.717, 1.165) is 26.1 Å². The molecular weight excluding hydrogens is 226 g/mol. The Labute approximate surface area is 110 Å². The maximum absolute atomic E-state index is 9.53. The van der Waals surface area contributed by atoms with Gasteiger partial charge in [0, 0.05) is 33.4 Å². The number of hydrogen-bond donors (Lipinski definition) is 1. The van der Waals surface area contributed by atoms with Gasteiger partial charge >= 0.3 is 0 Å². The number of nitrogens with zero attached hydrogens (tertiary/aromatic N) is 1. The van der Waals surface area contributed by atoms with Crippen LogP contribution in [0.5, 0.6) is 0 Å². The van der Waals surface area contributed by atoms with Crippen molar-refractivity contribution in [3.63, 3.8) is 0 Å². The van der Waals surface area contributed by atoms with Crippen LogP contribution < -0.4 is 0 Å². The van der Waals surface area contributed by atoms with Crippen molar-refractivity contribution >= 4 is 0 Å². The Bertz CT molecular complexity index is 322. The van der Waals surface area contributed by atoms with Gasteiger partial charge in [-0.1, -0.05) is 29.8 Å². The molecule has 0 aliphatic heterocycles. The second-order valence-corrected chi connectivity index (χ2v) is 4.92. The number of methoxy groups -OCH3 is 1. The number of benzene rings is 1. The van der Waals surface area contributed by atoms with Crippen molar-refractivity contribution in [3.05, 3.63) is 35.4 Å². The molecule has 0 unspecified atom stereocenters. The van der Waals surface area contributed by atoms with Crippen molar-refractivity contribution in [2.24, 2.45) is 0 Å². The molecule has 0 aliphatic rings. The van der Waals surface area contributed by atoms with E-state index in [4.69, 9.17) is 4.74 Å². The lowest BCUT2D eigenvalue weighted by atomic mass is 10.1. The molecule has 3 heteroatoms. The van der Waals surface area contributed by atoms with E-state index in [-0.39, 0.29) is 6.10 Å². The van der Waals surface area contributed by atoms with Crippen molar-refractivity contribution < 1.29 is 9.84 Å². The van der Waals surface area contributed by atoms with E-state index in [1.165, 1.54) is 11.1 Å². The molecule has 18 heavy (non-hydrogen) atoms. The van der Waals surface area contributed by atoms with Crippen LogP contribution in [0.15, 0.2) is 24.3 Å². The molecule has 0 spiro atoms. The van der Waals surface area contributed by atoms with Crippen LogP contribution in [0.4, 0.5) is 0 Å². The zero-order valence-corrected chi connectivity index (χ0v) is 11.7. The van der Waals surface area contributed by atoms with Crippen molar-refractivity contribution in [1.82, 2.24) is 4.90 Å². The van der Waals surface area contributed by atoms with Crippen molar-refractivity contribution in [1.29, 1.82) is 0 Å². The molecule has 0 aromatic heterocycles. The van der Waals surface area contributed by atoms with Crippen LogP contribution in [0, 0.1) is 6.92 Å². The zero-order valence-electron chi connectivity index (χ0n) is 11.7. The molecule has 0 aliphatic carbocycles. The largest absolute Gasteiger partial charge is 0.392 e. The minimum Gasteiger partial charge on any atom is -0.392 e. The van der Waals surface area contributed by atoms with Gasteiger partial charge in [-0.3, -0.25) is 4.90 Å². The van der Waals surface area contributed by atoms with Crippen LogP contribution in [-0.4, -0.2) is 42.9 Å². The molecule has 1 atom stereocenters. The third kappa shape index (κ3) is 6.15. The van der Waals surface area contributed by atoms with Gasteiger partial charge in [-0.25, -0.2) is 0 Å². The molecule has 0 saturated carbocycles. The molecule has 0 fully saturated rings.